The third-order valence-electron chi connectivity index (χ3n) is 1.59. The Labute approximate surface area is 87.2 Å². The summed E-state index contributed by atoms with van der Waals surface area (Å²) in [4.78, 5) is 11.1. The van der Waals surface area contributed by atoms with Gasteiger partial charge in [0.15, 0.2) is 0 Å². The SMILES string of the molecule is [CH2]CCCCCNC(=O)OC(C)(C)C. The Morgan fingerprint density at radius 2 is 1.93 bits per heavy atom. The molecule has 0 atom stereocenters. The summed E-state index contributed by atoms with van der Waals surface area (Å²) in [6.07, 6.45) is 3.86. The second-order valence-corrected chi connectivity index (χ2v) is 4.34. The largest absolute Gasteiger partial charge is 0.444 e. The number of hydrogen-bond donors (Lipinski definition) is 1. The van der Waals surface area contributed by atoms with Crippen LogP contribution in [-0.2, 0) is 4.74 Å². The van der Waals surface area contributed by atoms with Crippen LogP contribution in [0.4, 0.5) is 4.79 Å². The van der Waals surface area contributed by atoms with Gasteiger partial charge in [0.2, 0.25) is 0 Å². The molecular weight excluding hydrogens is 178 g/mol. The van der Waals surface area contributed by atoms with Gasteiger partial charge in [0.05, 0.1) is 0 Å². The lowest BCUT2D eigenvalue weighted by Gasteiger charge is -2.19. The first-order chi connectivity index (χ1) is 6.45. The van der Waals surface area contributed by atoms with Crippen LogP contribution >= 0.6 is 0 Å². The molecule has 0 rings (SSSR count). The number of carbonyl (C=O) groups is 1. The fourth-order valence-corrected chi connectivity index (χ4v) is 0.983. The summed E-state index contributed by atoms with van der Waals surface area (Å²) in [6.45, 7) is 10.0. The van der Waals surface area contributed by atoms with Crippen molar-refractivity contribution in [3.63, 3.8) is 0 Å². The Kier molecular flexibility index (Phi) is 6.34. The molecule has 0 saturated heterocycles. The fraction of sp³-hybridized carbons (Fsp3) is 0.818. The lowest BCUT2D eigenvalue weighted by atomic mass is 10.2. The maximum atomic E-state index is 11.1. The molecule has 0 aromatic carbocycles. The van der Waals surface area contributed by atoms with Gasteiger partial charge in [0.1, 0.15) is 5.60 Å². The maximum absolute atomic E-state index is 11.1. The Bertz CT molecular complexity index is 161. The minimum absolute atomic E-state index is 0.327. The van der Waals surface area contributed by atoms with Crippen molar-refractivity contribution in [1.82, 2.24) is 5.32 Å². The van der Waals surface area contributed by atoms with Crippen LogP contribution in [0.2, 0.25) is 0 Å². The topological polar surface area (TPSA) is 38.3 Å². The highest BCUT2D eigenvalue weighted by Crippen LogP contribution is 2.06. The zero-order valence-corrected chi connectivity index (χ0v) is 9.56. The zero-order chi connectivity index (χ0) is 11.0. The fourth-order valence-electron chi connectivity index (χ4n) is 0.983. The number of hydrogen-bond acceptors (Lipinski definition) is 2. The van der Waals surface area contributed by atoms with Crippen molar-refractivity contribution in [2.24, 2.45) is 0 Å². The predicted molar refractivity (Wildman–Crippen MR) is 58.1 cm³/mol. The van der Waals surface area contributed by atoms with E-state index in [2.05, 4.69) is 12.2 Å². The maximum Gasteiger partial charge on any atom is 0.407 e. The summed E-state index contributed by atoms with van der Waals surface area (Å²) >= 11 is 0. The van der Waals surface area contributed by atoms with Crippen molar-refractivity contribution in [1.29, 1.82) is 0 Å². The van der Waals surface area contributed by atoms with E-state index in [1.807, 2.05) is 20.8 Å². The molecule has 14 heavy (non-hydrogen) atoms. The van der Waals surface area contributed by atoms with Crippen LogP contribution in [0, 0.1) is 6.92 Å². The van der Waals surface area contributed by atoms with E-state index in [1.165, 1.54) is 0 Å². The van der Waals surface area contributed by atoms with Gasteiger partial charge in [0.25, 0.3) is 0 Å². The molecule has 1 N–H and O–H groups in total. The molecule has 0 aromatic rings. The van der Waals surface area contributed by atoms with Crippen LogP contribution in [0.1, 0.15) is 46.5 Å². The minimum Gasteiger partial charge on any atom is -0.444 e. The van der Waals surface area contributed by atoms with E-state index in [0.29, 0.717) is 6.54 Å². The summed E-state index contributed by atoms with van der Waals surface area (Å²) in [5, 5.41) is 2.72. The number of nitrogens with one attached hydrogen (secondary N) is 1. The van der Waals surface area contributed by atoms with Crippen molar-refractivity contribution in [2.45, 2.75) is 52.1 Å². The number of ether oxygens (including phenoxy) is 1. The molecular formula is C11H22NO2. The Balaban J connectivity index is 3.36. The Morgan fingerprint density at radius 1 is 1.29 bits per heavy atom. The van der Waals surface area contributed by atoms with Gasteiger partial charge in [-0.15, -0.1) is 0 Å². The average molecular weight is 200 g/mol. The van der Waals surface area contributed by atoms with Crippen molar-refractivity contribution >= 4 is 6.09 Å². The van der Waals surface area contributed by atoms with E-state index < -0.39 is 5.60 Å². The predicted octanol–water partition coefficient (Wildman–Crippen LogP) is 2.91. The van der Waals surface area contributed by atoms with Gasteiger partial charge >= 0.3 is 6.09 Å². The molecule has 0 heterocycles. The Morgan fingerprint density at radius 3 is 2.43 bits per heavy atom. The minimum atomic E-state index is -0.405. The van der Waals surface area contributed by atoms with Crippen molar-refractivity contribution in [2.75, 3.05) is 6.54 Å². The monoisotopic (exact) mass is 200 g/mol. The van der Waals surface area contributed by atoms with Gasteiger partial charge in [-0.05, 0) is 27.2 Å². The molecule has 0 saturated carbocycles. The first kappa shape index (κ1) is 13.3. The number of rotatable bonds is 5. The second kappa shape index (κ2) is 6.68. The van der Waals surface area contributed by atoms with Crippen LogP contribution in [-0.4, -0.2) is 18.2 Å². The molecule has 1 amide bonds. The molecule has 3 heteroatoms. The van der Waals surface area contributed by atoms with Crippen LogP contribution in [0.5, 0.6) is 0 Å². The van der Waals surface area contributed by atoms with Crippen LogP contribution in [0.15, 0.2) is 0 Å². The molecule has 1 radical (unpaired) electrons. The zero-order valence-electron chi connectivity index (χ0n) is 9.56. The standard InChI is InChI=1S/C11H22NO2/c1-5-6-7-8-9-12-10(13)14-11(2,3)4/h1,5-9H2,2-4H3,(H,12,13). The summed E-state index contributed by atoms with van der Waals surface area (Å²) in [7, 11) is 0. The highest BCUT2D eigenvalue weighted by molar-refractivity contribution is 5.67. The van der Waals surface area contributed by atoms with Crippen LogP contribution < -0.4 is 5.32 Å². The highest BCUT2D eigenvalue weighted by Gasteiger charge is 2.15. The number of unbranched alkanes of at least 4 members (excludes halogenated alkanes) is 3. The second-order valence-electron chi connectivity index (χ2n) is 4.34. The molecule has 0 aliphatic carbocycles. The van der Waals surface area contributed by atoms with Crippen LogP contribution in [0.25, 0.3) is 0 Å². The normalized spacial score (nSPS) is 11.1. The average Bonchev–Trinajstić information content (AvgIpc) is 2.00. The Hall–Kier alpha value is -0.730. The highest BCUT2D eigenvalue weighted by atomic mass is 16.6. The van der Waals surface area contributed by atoms with Gasteiger partial charge in [-0.3, -0.25) is 0 Å². The number of amides is 1. The summed E-state index contributed by atoms with van der Waals surface area (Å²) < 4.78 is 5.08. The molecule has 0 aromatic heterocycles. The molecule has 0 spiro atoms. The van der Waals surface area contributed by atoms with Gasteiger partial charge in [-0.2, -0.15) is 0 Å². The van der Waals surface area contributed by atoms with Gasteiger partial charge in [0, 0.05) is 6.54 Å². The smallest absolute Gasteiger partial charge is 0.407 e. The number of carbonyl (C=O) groups excluding carboxylic acids is 1. The first-order valence-corrected chi connectivity index (χ1v) is 5.22. The number of alkyl carbamates (subject to hydrolysis) is 1. The molecule has 3 nitrogen and oxygen atoms in total. The quantitative estimate of drug-likeness (QED) is 0.693. The van der Waals surface area contributed by atoms with E-state index in [4.69, 9.17) is 4.74 Å². The lowest BCUT2D eigenvalue weighted by molar-refractivity contribution is 0.0527. The molecule has 0 bridgehead atoms. The molecule has 83 valence electrons. The van der Waals surface area contributed by atoms with Crippen molar-refractivity contribution < 1.29 is 9.53 Å². The molecule has 0 unspecified atom stereocenters. The summed E-state index contributed by atoms with van der Waals surface area (Å²) in [5.74, 6) is 0. The van der Waals surface area contributed by atoms with Gasteiger partial charge in [-0.25, -0.2) is 4.79 Å². The molecule has 0 aliphatic heterocycles. The molecule has 0 fully saturated rings. The summed E-state index contributed by atoms with van der Waals surface area (Å²) in [6, 6.07) is 0. The van der Waals surface area contributed by atoms with E-state index >= 15 is 0 Å². The summed E-state index contributed by atoms with van der Waals surface area (Å²) in [5.41, 5.74) is -0.405. The third kappa shape index (κ3) is 9.36. The van der Waals surface area contributed by atoms with E-state index in [1.54, 1.807) is 0 Å². The van der Waals surface area contributed by atoms with E-state index in [9.17, 15) is 4.79 Å². The lowest BCUT2D eigenvalue weighted by Crippen LogP contribution is -2.32. The van der Waals surface area contributed by atoms with E-state index in [-0.39, 0.29) is 6.09 Å². The van der Waals surface area contributed by atoms with Gasteiger partial charge in [-0.1, -0.05) is 26.2 Å². The van der Waals surface area contributed by atoms with Gasteiger partial charge < -0.3 is 10.1 Å². The van der Waals surface area contributed by atoms with Crippen LogP contribution in [0.3, 0.4) is 0 Å². The molecule has 0 aliphatic rings. The van der Waals surface area contributed by atoms with Crippen molar-refractivity contribution in [3.05, 3.63) is 6.92 Å². The first-order valence-electron chi connectivity index (χ1n) is 5.22. The third-order valence-corrected chi connectivity index (χ3v) is 1.59. The van der Waals surface area contributed by atoms with Crippen molar-refractivity contribution in [3.8, 4) is 0 Å². The van der Waals surface area contributed by atoms with E-state index in [0.717, 1.165) is 25.7 Å².